The van der Waals surface area contributed by atoms with E-state index in [4.69, 9.17) is 0 Å². The van der Waals surface area contributed by atoms with Gasteiger partial charge in [-0.25, -0.2) is 0 Å². The summed E-state index contributed by atoms with van der Waals surface area (Å²) in [6.07, 6.45) is 5.33. The number of hydrogen-bond donors (Lipinski definition) is 1. The van der Waals surface area contributed by atoms with E-state index in [1.165, 1.54) is 37.8 Å². The molecule has 16 heavy (non-hydrogen) atoms. The molecule has 1 atom stereocenters. The summed E-state index contributed by atoms with van der Waals surface area (Å²) in [7, 11) is 0. The predicted octanol–water partition coefficient (Wildman–Crippen LogP) is 3.16. The molecular formula is C14H21NO. The average Bonchev–Trinajstić information content (AvgIpc) is 2.45. The van der Waals surface area contributed by atoms with Crippen molar-refractivity contribution in [3.63, 3.8) is 0 Å². The summed E-state index contributed by atoms with van der Waals surface area (Å²) in [5.74, 6) is 0.375. The van der Waals surface area contributed by atoms with Crippen LogP contribution >= 0.6 is 0 Å². The molecule has 0 bridgehead atoms. The van der Waals surface area contributed by atoms with Crippen LogP contribution in [0, 0.1) is 0 Å². The van der Waals surface area contributed by atoms with Gasteiger partial charge in [0.25, 0.3) is 0 Å². The average molecular weight is 219 g/mol. The van der Waals surface area contributed by atoms with Crippen molar-refractivity contribution >= 4 is 0 Å². The second kappa shape index (κ2) is 5.35. The number of phenols is 1. The molecule has 1 N–H and O–H groups in total. The monoisotopic (exact) mass is 219 g/mol. The summed E-state index contributed by atoms with van der Waals surface area (Å²) in [5.41, 5.74) is 1.22. The Kier molecular flexibility index (Phi) is 3.83. The summed E-state index contributed by atoms with van der Waals surface area (Å²) in [5, 5.41) is 9.45. The third-order valence-electron chi connectivity index (χ3n) is 3.49. The lowest BCUT2D eigenvalue weighted by Crippen LogP contribution is -2.31. The van der Waals surface area contributed by atoms with Gasteiger partial charge in [0.15, 0.2) is 0 Å². The van der Waals surface area contributed by atoms with E-state index in [-0.39, 0.29) is 0 Å². The lowest BCUT2D eigenvalue weighted by molar-refractivity contribution is 0.204. The van der Waals surface area contributed by atoms with Gasteiger partial charge in [-0.15, -0.1) is 0 Å². The van der Waals surface area contributed by atoms with Crippen molar-refractivity contribution in [1.29, 1.82) is 0 Å². The van der Waals surface area contributed by atoms with Gasteiger partial charge in [-0.3, -0.25) is 4.90 Å². The molecule has 1 aromatic carbocycles. The fourth-order valence-corrected chi connectivity index (χ4v) is 2.46. The van der Waals surface area contributed by atoms with Crippen molar-refractivity contribution in [2.24, 2.45) is 0 Å². The van der Waals surface area contributed by atoms with Gasteiger partial charge in [0, 0.05) is 12.6 Å². The molecule has 0 spiro atoms. The molecule has 0 radical (unpaired) electrons. The van der Waals surface area contributed by atoms with Crippen LogP contribution < -0.4 is 0 Å². The van der Waals surface area contributed by atoms with Crippen molar-refractivity contribution in [2.75, 3.05) is 6.54 Å². The van der Waals surface area contributed by atoms with Gasteiger partial charge in [-0.2, -0.15) is 0 Å². The van der Waals surface area contributed by atoms with Crippen molar-refractivity contribution in [3.05, 3.63) is 29.8 Å². The molecule has 0 saturated carbocycles. The topological polar surface area (TPSA) is 23.5 Å². The standard InChI is InChI=1S/C14H21NO/c1-12-6-3-2-4-9-15(12)11-13-7-5-8-14(16)10-13/h5,7-8,10,12,16H,2-4,6,9,11H2,1H3. The molecule has 0 aromatic heterocycles. The highest BCUT2D eigenvalue weighted by atomic mass is 16.3. The van der Waals surface area contributed by atoms with Crippen molar-refractivity contribution in [1.82, 2.24) is 4.90 Å². The number of rotatable bonds is 2. The zero-order valence-electron chi connectivity index (χ0n) is 10.0. The van der Waals surface area contributed by atoms with Crippen LogP contribution in [0.15, 0.2) is 24.3 Å². The molecule has 1 aliphatic rings. The Hall–Kier alpha value is -1.02. The summed E-state index contributed by atoms with van der Waals surface area (Å²) < 4.78 is 0. The maximum Gasteiger partial charge on any atom is 0.115 e. The lowest BCUT2D eigenvalue weighted by atomic mass is 10.1. The number of nitrogens with zero attached hydrogens (tertiary/aromatic N) is 1. The van der Waals surface area contributed by atoms with Crippen LogP contribution in [0.2, 0.25) is 0 Å². The summed E-state index contributed by atoms with van der Waals surface area (Å²) >= 11 is 0. The third kappa shape index (κ3) is 2.99. The van der Waals surface area contributed by atoms with Crippen LogP contribution in [0.5, 0.6) is 5.75 Å². The Morgan fingerprint density at radius 1 is 1.31 bits per heavy atom. The molecule has 0 amide bonds. The first-order valence-corrected chi connectivity index (χ1v) is 6.27. The normalized spacial score (nSPS) is 22.9. The highest BCUT2D eigenvalue weighted by molar-refractivity contribution is 5.27. The van der Waals surface area contributed by atoms with Crippen LogP contribution in [-0.4, -0.2) is 22.6 Å². The van der Waals surface area contributed by atoms with Crippen molar-refractivity contribution in [3.8, 4) is 5.75 Å². The molecule has 1 unspecified atom stereocenters. The molecule has 0 aliphatic carbocycles. The van der Waals surface area contributed by atoms with E-state index in [0.29, 0.717) is 11.8 Å². The fraction of sp³-hybridized carbons (Fsp3) is 0.571. The van der Waals surface area contributed by atoms with E-state index < -0.39 is 0 Å². The second-order valence-corrected chi connectivity index (χ2v) is 4.84. The molecule has 1 fully saturated rings. The first-order chi connectivity index (χ1) is 7.75. The molecule has 88 valence electrons. The Labute approximate surface area is 97.9 Å². The number of benzene rings is 1. The minimum absolute atomic E-state index is 0.375. The molecule has 1 heterocycles. The molecular weight excluding hydrogens is 198 g/mol. The number of likely N-dealkylation sites (tertiary alicyclic amines) is 1. The van der Waals surface area contributed by atoms with E-state index in [2.05, 4.69) is 17.9 Å². The van der Waals surface area contributed by atoms with Crippen molar-refractivity contribution in [2.45, 2.75) is 45.2 Å². The quantitative estimate of drug-likeness (QED) is 0.826. The molecule has 1 aliphatic heterocycles. The maximum atomic E-state index is 9.45. The van der Waals surface area contributed by atoms with Gasteiger partial charge in [0.05, 0.1) is 0 Å². The maximum absolute atomic E-state index is 9.45. The largest absolute Gasteiger partial charge is 0.508 e. The Balaban J connectivity index is 2.02. The zero-order chi connectivity index (χ0) is 11.4. The van der Waals surface area contributed by atoms with Crippen molar-refractivity contribution < 1.29 is 5.11 Å². The van der Waals surface area contributed by atoms with Crippen LogP contribution in [0.25, 0.3) is 0 Å². The van der Waals surface area contributed by atoms with Crippen LogP contribution in [0.1, 0.15) is 38.2 Å². The highest BCUT2D eigenvalue weighted by Crippen LogP contribution is 2.20. The van der Waals surface area contributed by atoms with Crippen LogP contribution in [0.3, 0.4) is 0 Å². The van der Waals surface area contributed by atoms with E-state index >= 15 is 0 Å². The summed E-state index contributed by atoms with van der Waals surface area (Å²) in [6, 6.07) is 8.29. The van der Waals surface area contributed by atoms with Crippen LogP contribution in [-0.2, 0) is 6.54 Å². The van der Waals surface area contributed by atoms with E-state index in [0.717, 1.165) is 6.54 Å². The van der Waals surface area contributed by atoms with Gasteiger partial charge in [-0.1, -0.05) is 25.0 Å². The lowest BCUT2D eigenvalue weighted by Gasteiger charge is -2.26. The van der Waals surface area contributed by atoms with E-state index in [1.807, 2.05) is 12.1 Å². The molecule has 2 heteroatoms. The number of aromatic hydroxyl groups is 1. The summed E-state index contributed by atoms with van der Waals surface area (Å²) in [4.78, 5) is 2.53. The zero-order valence-corrected chi connectivity index (χ0v) is 10.0. The predicted molar refractivity (Wildman–Crippen MR) is 66.4 cm³/mol. The summed E-state index contributed by atoms with van der Waals surface area (Å²) in [6.45, 7) is 4.47. The number of hydrogen-bond acceptors (Lipinski definition) is 2. The van der Waals surface area contributed by atoms with Gasteiger partial charge < -0.3 is 5.11 Å². The molecule has 1 saturated heterocycles. The van der Waals surface area contributed by atoms with Gasteiger partial charge in [0.2, 0.25) is 0 Å². The second-order valence-electron chi connectivity index (χ2n) is 4.84. The Morgan fingerprint density at radius 2 is 2.19 bits per heavy atom. The highest BCUT2D eigenvalue weighted by Gasteiger charge is 2.16. The Bertz CT molecular complexity index is 337. The van der Waals surface area contributed by atoms with Gasteiger partial charge in [0.1, 0.15) is 5.75 Å². The SMILES string of the molecule is CC1CCCCCN1Cc1cccc(O)c1. The first kappa shape index (κ1) is 11.5. The molecule has 2 rings (SSSR count). The van der Waals surface area contributed by atoms with E-state index in [1.54, 1.807) is 6.07 Å². The van der Waals surface area contributed by atoms with Crippen LogP contribution in [0.4, 0.5) is 0 Å². The smallest absolute Gasteiger partial charge is 0.115 e. The third-order valence-corrected chi connectivity index (χ3v) is 3.49. The minimum Gasteiger partial charge on any atom is -0.508 e. The number of phenolic OH excluding ortho intramolecular Hbond substituents is 1. The minimum atomic E-state index is 0.375. The van der Waals surface area contributed by atoms with Gasteiger partial charge >= 0.3 is 0 Å². The van der Waals surface area contributed by atoms with E-state index in [9.17, 15) is 5.11 Å². The molecule has 1 aromatic rings. The fourth-order valence-electron chi connectivity index (χ4n) is 2.46. The molecule has 2 nitrogen and oxygen atoms in total. The van der Waals surface area contributed by atoms with Gasteiger partial charge in [-0.05, 0) is 44.0 Å². The first-order valence-electron chi connectivity index (χ1n) is 6.27. The Morgan fingerprint density at radius 3 is 3.00 bits per heavy atom.